The molecule has 1 amide bonds. The van der Waals surface area contributed by atoms with E-state index in [4.69, 9.17) is 14.4 Å². The Morgan fingerprint density at radius 2 is 1.33 bits per heavy atom. The number of hydrogen-bond donors (Lipinski definition) is 1. The zero-order valence-electron chi connectivity index (χ0n) is 34.1. The first-order valence-electron chi connectivity index (χ1n) is 18.0. The van der Waals surface area contributed by atoms with E-state index in [-0.39, 0.29) is 42.5 Å². The molecule has 1 N–H and O–H groups in total. The maximum absolute atomic E-state index is 12.5. The lowest BCUT2D eigenvalue weighted by atomic mass is 10.0. The minimum atomic E-state index is -2.12. The number of carbonyl (C=O) groups excluding carboxylic acids is 3. The molecule has 11 heteroatoms. The molecule has 0 fully saturated rings. The van der Waals surface area contributed by atoms with Gasteiger partial charge in [0.2, 0.25) is 12.3 Å². The Balaban J connectivity index is 0. The summed E-state index contributed by atoms with van der Waals surface area (Å²) in [7, 11) is 1.71. The van der Waals surface area contributed by atoms with E-state index in [1.165, 1.54) is 57.4 Å². The quantitative estimate of drug-likeness (QED) is 0.178. The Morgan fingerprint density at radius 1 is 0.815 bits per heavy atom. The minimum absolute atomic E-state index is 0.0126. The predicted molar refractivity (Wildman–Crippen MR) is 211 cm³/mol. The van der Waals surface area contributed by atoms with E-state index in [1.807, 2.05) is 57.2 Å². The van der Waals surface area contributed by atoms with E-state index in [0.717, 1.165) is 29.9 Å². The van der Waals surface area contributed by atoms with Crippen LogP contribution in [0.4, 0.5) is 13.2 Å². The number of amides is 1. The number of esters is 1. The van der Waals surface area contributed by atoms with Gasteiger partial charge in [-0.2, -0.15) is 0 Å². The van der Waals surface area contributed by atoms with Crippen LogP contribution in [0.5, 0.6) is 5.75 Å². The SMILES string of the molecule is CC(C)=O.CCC(COC(C)=O)N(C)C(C)=O.CCC(F)F.CCc1cccc(C)c1C.CCc1cccc(F)c1O.Cc1cc(-c2ccccc2)on1. The van der Waals surface area contributed by atoms with E-state index in [0.29, 0.717) is 12.0 Å². The largest absolute Gasteiger partial charge is 0.505 e. The van der Waals surface area contributed by atoms with Crippen LogP contribution in [0.2, 0.25) is 0 Å². The van der Waals surface area contributed by atoms with Gasteiger partial charge < -0.3 is 24.1 Å². The van der Waals surface area contributed by atoms with Gasteiger partial charge >= 0.3 is 5.97 Å². The van der Waals surface area contributed by atoms with E-state index in [2.05, 4.69) is 44.1 Å². The van der Waals surface area contributed by atoms with Crippen molar-refractivity contribution in [3.63, 3.8) is 0 Å². The summed E-state index contributed by atoms with van der Waals surface area (Å²) in [5.74, 6) is -0.0909. The van der Waals surface area contributed by atoms with E-state index in [9.17, 15) is 27.6 Å². The average Bonchev–Trinajstić information content (AvgIpc) is 3.58. The zero-order valence-corrected chi connectivity index (χ0v) is 34.1. The monoisotopic (exact) mass is 758 g/mol. The Hall–Kier alpha value is -4.93. The van der Waals surface area contributed by atoms with Crippen molar-refractivity contribution in [1.82, 2.24) is 10.1 Å². The summed E-state index contributed by atoms with van der Waals surface area (Å²) >= 11 is 0. The number of phenolic OH excluding ortho intramolecular Hbond substituents is 1. The van der Waals surface area contributed by atoms with Gasteiger partial charge in [-0.05, 0) is 82.2 Å². The Morgan fingerprint density at radius 3 is 1.72 bits per heavy atom. The van der Waals surface area contributed by atoms with Crippen molar-refractivity contribution in [2.24, 2.45) is 0 Å². The number of aryl methyl sites for hydroxylation is 4. The van der Waals surface area contributed by atoms with Gasteiger partial charge in [0.15, 0.2) is 17.3 Å². The van der Waals surface area contributed by atoms with Crippen molar-refractivity contribution in [3.8, 4) is 17.1 Å². The molecule has 1 aromatic heterocycles. The summed E-state index contributed by atoms with van der Waals surface area (Å²) in [6.45, 7) is 19.9. The van der Waals surface area contributed by atoms with Crippen molar-refractivity contribution < 1.29 is 41.9 Å². The van der Waals surface area contributed by atoms with Crippen LogP contribution >= 0.6 is 0 Å². The van der Waals surface area contributed by atoms with Gasteiger partial charge in [-0.1, -0.05) is 93.5 Å². The van der Waals surface area contributed by atoms with Gasteiger partial charge in [0.1, 0.15) is 12.4 Å². The highest BCUT2D eigenvalue weighted by molar-refractivity contribution is 5.73. The fourth-order valence-electron chi connectivity index (χ4n) is 4.12. The number of aromatic nitrogens is 1. The number of phenols is 1. The number of likely N-dealkylation sites (N-methyl/N-ethyl adjacent to an activating group) is 1. The van der Waals surface area contributed by atoms with Gasteiger partial charge in [0, 0.05) is 38.9 Å². The summed E-state index contributed by atoms with van der Waals surface area (Å²) in [6.07, 6.45) is 0.440. The second-order valence-electron chi connectivity index (χ2n) is 12.2. The lowest BCUT2D eigenvalue weighted by Gasteiger charge is -2.25. The number of aromatic hydroxyl groups is 1. The van der Waals surface area contributed by atoms with Crippen LogP contribution in [0.3, 0.4) is 0 Å². The van der Waals surface area contributed by atoms with Crippen LogP contribution < -0.4 is 0 Å². The number of nitrogens with zero attached hydrogens (tertiary/aromatic N) is 2. The Kier molecular flexibility index (Phi) is 28.0. The van der Waals surface area contributed by atoms with Crippen LogP contribution in [-0.4, -0.2) is 58.9 Å². The highest BCUT2D eigenvalue weighted by Gasteiger charge is 2.16. The summed E-state index contributed by atoms with van der Waals surface area (Å²) in [5.41, 5.74) is 6.95. The molecular formula is C43H61F3N2O6. The van der Waals surface area contributed by atoms with Crippen LogP contribution in [0, 0.1) is 26.6 Å². The Labute approximate surface area is 320 Å². The molecule has 0 aliphatic rings. The molecule has 0 aliphatic carbocycles. The molecule has 1 unspecified atom stereocenters. The molecule has 0 saturated heterocycles. The standard InChI is InChI=1S/C10H9NO.C10H14.C9H17NO3.C8H9FO.C3H6F2.C3H6O/c1-8-7-10(12-11-8)9-5-3-2-4-6-9;1-4-10-7-5-6-8(2)9(10)3;1-5-9(6-13-8(3)12)10(4)7(2)11;1-2-6-4-3-5-7(9)8(6)10;1-2-3(4)5;1-3(2)4/h2-7H,1H3;5-7H,4H2,1-3H3;9H,5-6H2,1-4H3;3-5,10H,2H2,1H3;3H,2H2,1H3;1-2H3. The van der Waals surface area contributed by atoms with Crippen LogP contribution in [0.25, 0.3) is 11.3 Å². The van der Waals surface area contributed by atoms with Crippen LogP contribution in [0.1, 0.15) is 96.2 Å². The molecule has 8 nitrogen and oxygen atoms in total. The van der Waals surface area contributed by atoms with E-state index >= 15 is 0 Å². The van der Waals surface area contributed by atoms with Crippen molar-refractivity contribution in [2.75, 3.05) is 13.7 Å². The predicted octanol–water partition coefficient (Wildman–Crippen LogP) is 10.7. The number of Topliss-reactive ketones (excluding diaryl/α,β-unsaturated/α-hetero) is 1. The molecule has 0 saturated carbocycles. The van der Waals surface area contributed by atoms with E-state index < -0.39 is 12.2 Å². The van der Waals surface area contributed by atoms with Crippen LogP contribution in [0.15, 0.2) is 77.3 Å². The third-order valence-corrected chi connectivity index (χ3v) is 7.54. The minimum Gasteiger partial charge on any atom is -0.505 e. The molecule has 4 aromatic rings. The second kappa shape index (κ2) is 29.5. The number of benzene rings is 3. The fourth-order valence-corrected chi connectivity index (χ4v) is 4.12. The molecule has 300 valence electrons. The summed E-state index contributed by atoms with van der Waals surface area (Å²) in [6, 6.07) is 22.9. The van der Waals surface area contributed by atoms with Crippen molar-refractivity contribution in [1.29, 1.82) is 0 Å². The maximum Gasteiger partial charge on any atom is 0.302 e. The zero-order chi connectivity index (χ0) is 41.8. The molecule has 0 radical (unpaired) electrons. The van der Waals surface area contributed by atoms with Crippen molar-refractivity contribution >= 4 is 17.7 Å². The maximum atomic E-state index is 12.5. The first kappa shape index (κ1) is 51.2. The number of alkyl halides is 2. The Bertz CT molecular complexity index is 1570. The number of hydrogen-bond acceptors (Lipinski definition) is 7. The molecule has 0 aliphatic heterocycles. The molecule has 0 bridgehead atoms. The second-order valence-corrected chi connectivity index (χ2v) is 12.2. The fraction of sp³-hybridized carbons (Fsp3) is 0.442. The van der Waals surface area contributed by atoms with Gasteiger partial charge in [-0.15, -0.1) is 0 Å². The average molecular weight is 759 g/mol. The molecule has 0 spiro atoms. The summed E-state index contributed by atoms with van der Waals surface area (Å²) < 4.78 is 44.0. The van der Waals surface area contributed by atoms with Crippen LogP contribution in [-0.2, 0) is 32.0 Å². The molecular weight excluding hydrogens is 697 g/mol. The molecule has 54 heavy (non-hydrogen) atoms. The molecule has 3 aromatic carbocycles. The molecule has 1 heterocycles. The number of para-hydroxylation sites is 1. The van der Waals surface area contributed by atoms with Gasteiger partial charge in [-0.3, -0.25) is 9.59 Å². The molecule has 4 rings (SSSR count). The van der Waals surface area contributed by atoms with Gasteiger partial charge in [0.25, 0.3) is 0 Å². The van der Waals surface area contributed by atoms with Crippen molar-refractivity contribution in [2.45, 2.75) is 114 Å². The van der Waals surface area contributed by atoms with E-state index in [1.54, 1.807) is 24.1 Å². The molecule has 1 atom stereocenters. The number of rotatable bonds is 8. The normalized spacial score (nSPS) is 10.1. The van der Waals surface area contributed by atoms with Crippen molar-refractivity contribution in [3.05, 3.63) is 107 Å². The number of ketones is 1. The summed E-state index contributed by atoms with van der Waals surface area (Å²) in [4.78, 5) is 32.5. The number of ether oxygens (including phenoxy) is 1. The first-order valence-corrected chi connectivity index (χ1v) is 18.0. The lowest BCUT2D eigenvalue weighted by molar-refractivity contribution is -0.145. The topological polar surface area (TPSA) is 110 Å². The van der Waals surface area contributed by atoms with Gasteiger partial charge in [-0.25, -0.2) is 13.2 Å². The lowest BCUT2D eigenvalue weighted by Crippen LogP contribution is -2.38. The smallest absolute Gasteiger partial charge is 0.302 e. The third-order valence-electron chi connectivity index (χ3n) is 7.54. The number of halogens is 3. The highest BCUT2D eigenvalue weighted by atomic mass is 19.3. The summed E-state index contributed by atoms with van der Waals surface area (Å²) in [5, 5.41) is 12.8. The van der Waals surface area contributed by atoms with Gasteiger partial charge in [0.05, 0.1) is 11.7 Å². The highest BCUT2D eigenvalue weighted by Crippen LogP contribution is 2.21. The first-order chi connectivity index (χ1) is 25.4. The third kappa shape index (κ3) is 23.6. The number of carbonyl (C=O) groups is 3.